The molecule has 0 aliphatic carbocycles. The lowest BCUT2D eigenvalue weighted by atomic mass is 10.0. The molecule has 2 aromatic rings. The lowest BCUT2D eigenvalue weighted by Crippen LogP contribution is -2.40. The second-order valence-corrected chi connectivity index (χ2v) is 7.31. The third kappa shape index (κ3) is 4.15. The molecule has 29 heavy (non-hydrogen) atoms. The Kier molecular flexibility index (Phi) is 5.10. The summed E-state index contributed by atoms with van der Waals surface area (Å²) < 4.78 is 44.2. The average Bonchev–Trinajstić information content (AvgIpc) is 2.82. The van der Waals surface area contributed by atoms with E-state index in [0.717, 1.165) is 19.3 Å². The van der Waals surface area contributed by atoms with E-state index in [0.29, 0.717) is 49.4 Å². The molecule has 1 aromatic carbocycles. The van der Waals surface area contributed by atoms with Gasteiger partial charge in [-0.25, -0.2) is 9.48 Å². The maximum absolute atomic E-state index is 12.9. The Morgan fingerprint density at radius 1 is 1.10 bits per heavy atom. The van der Waals surface area contributed by atoms with Crippen LogP contribution in [0.5, 0.6) is 5.75 Å². The van der Waals surface area contributed by atoms with Crippen LogP contribution < -0.4 is 15.3 Å². The molecule has 4 rings (SSSR count). The van der Waals surface area contributed by atoms with Crippen molar-refractivity contribution >= 4 is 11.6 Å². The number of nitrogens with zero attached hydrogens (tertiary/aromatic N) is 4. The summed E-state index contributed by atoms with van der Waals surface area (Å²) in [6.45, 7) is 0.851. The quantitative estimate of drug-likeness (QED) is 0.780. The van der Waals surface area contributed by atoms with E-state index in [4.69, 9.17) is 0 Å². The molecule has 156 valence electrons. The van der Waals surface area contributed by atoms with Gasteiger partial charge >= 0.3 is 12.1 Å². The van der Waals surface area contributed by atoms with Gasteiger partial charge in [-0.2, -0.15) is 5.10 Å². The zero-order chi connectivity index (χ0) is 20.6. The van der Waals surface area contributed by atoms with Crippen molar-refractivity contribution in [1.29, 1.82) is 0 Å². The van der Waals surface area contributed by atoms with E-state index in [1.54, 1.807) is 4.57 Å². The molecule has 1 amide bonds. The standard InChI is InChI=1S/C19H21F3N4O3/c20-19(21,22)29-14-7-8-15-13(11-14)5-4-10-24(15)17(27)12-26-18(28)25-9-3-1-2-6-16(25)23-26/h7-8,11H,1-6,9-10,12H2. The smallest absolute Gasteiger partial charge is 0.406 e. The summed E-state index contributed by atoms with van der Waals surface area (Å²) in [6, 6.07) is 3.97. The number of carbonyl (C=O) groups excluding carboxylic acids is 1. The van der Waals surface area contributed by atoms with Crippen molar-refractivity contribution in [2.24, 2.45) is 0 Å². The fourth-order valence-corrected chi connectivity index (χ4v) is 3.97. The van der Waals surface area contributed by atoms with Gasteiger partial charge in [0, 0.05) is 25.2 Å². The van der Waals surface area contributed by atoms with Crippen molar-refractivity contribution in [2.75, 3.05) is 11.4 Å². The first-order valence-corrected chi connectivity index (χ1v) is 9.67. The van der Waals surface area contributed by atoms with Crippen LogP contribution in [0.4, 0.5) is 18.9 Å². The molecule has 1 aromatic heterocycles. The summed E-state index contributed by atoms with van der Waals surface area (Å²) in [5, 5.41) is 4.33. The van der Waals surface area contributed by atoms with Gasteiger partial charge in [0.1, 0.15) is 18.1 Å². The SMILES string of the molecule is O=C(Cn1nc2n(c1=O)CCCCC2)N1CCCc2cc(OC(F)(F)F)ccc21. The predicted molar refractivity (Wildman–Crippen MR) is 97.8 cm³/mol. The third-order valence-corrected chi connectivity index (χ3v) is 5.27. The monoisotopic (exact) mass is 410 g/mol. The van der Waals surface area contributed by atoms with Crippen molar-refractivity contribution in [3.05, 3.63) is 40.1 Å². The lowest BCUT2D eigenvalue weighted by Gasteiger charge is -2.29. The number of aromatic nitrogens is 3. The first-order valence-electron chi connectivity index (χ1n) is 9.67. The van der Waals surface area contributed by atoms with Crippen LogP contribution in [0.3, 0.4) is 0 Å². The van der Waals surface area contributed by atoms with Crippen LogP contribution in [0.1, 0.15) is 37.1 Å². The minimum Gasteiger partial charge on any atom is -0.406 e. The summed E-state index contributed by atoms with van der Waals surface area (Å²) in [6.07, 6.45) is 0.0340. The second kappa shape index (κ2) is 7.57. The van der Waals surface area contributed by atoms with Gasteiger partial charge in [-0.05, 0) is 49.4 Å². The minimum atomic E-state index is -4.77. The van der Waals surface area contributed by atoms with E-state index in [-0.39, 0.29) is 23.9 Å². The molecule has 0 fully saturated rings. The zero-order valence-corrected chi connectivity index (χ0v) is 15.7. The average molecular weight is 410 g/mol. The first kappa shape index (κ1) is 19.5. The largest absolute Gasteiger partial charge is 0.573 e. The fraction of sp³-hybridized carbons (Fsp3) is 0.526. The molecule has 2 aliphatic heterocycles. The molecule has 0 atom stereocenters. The summed E-state index contributed by atoms with van der Waals surface area (Å²) in [7, 11) is 0. The Morgan fingerprint density at radius 3 is 2.72 bits per heavy atom. The van der Waals surface area contributed by atoms with Crippen molar-refractivity contribution in [2.45, 2.75) is 58.0 Å². The van der Waals surface area contributed by atoms with Gasteiger partial charge in [0.25, 0.3) is 0 Å². The van der Waals surface area contributed by atoms with Crippen LogP contribution in [-0.2, 0) is 30.7 Å². The molecule has 0 spiro atoms. The molecule has 7 nitrogen and oxygen atoms in total. The van der Waals surface area contributed by atoms with Gasteiger partial charge in [-0.3, -0.25) is 9.36 Å². The number of fused-ring (bicyclic) bond motifs is 2. The molecule has 0 unspecified atom stereocenters. The molecule has 0 radical (unpaired) electrons. The van der Waals surface area contributed by atoms with E-state index in [2.05, 4.69) is 9.84 Å². The van der Waals surface area contributed by atoms with Crippen LogP contribution >= 0.6 is 0 Å². The van der Waals surface area contributed by atoms with Gasteiger partial charge in [0.15, 0.2) is 0 Å². The maximum Gasteiger partial charge on any atom is 0.573 e. The van der Waals surface area contributed by atoms with Crippen LogP contribution in [0.2, 0.25) is 0 Å². The molecule has 3 heterocycles. The topological polar surface area (TPSA) is 69.4 Å². The fourth-order valence-electron chi connectivity index (χ4n) is 3.97. The van der Waals surface area contributed by atoms with Crippen molar-refractivity contribution < 1.29 is 22.7 Å². The number of rotatable bonds is 3. The Morgan fingerprint density at radius 2 is 1.93 bits per heavy atom. The summed E-state index contributed by atoms with van der Waals surface area (Å²) in [4.78, 5) is 27.0. The third-order valence-electron chi connectivity index (χ3n) is 5.27. The van der Waals surface area contributed by atoms with Gasteiger partial charge in [-0.1, -0.05) is 6.42 Å². The van der Waals surface area contributed by atoms with E-state index >= 15 is 0 Å². The highest BCUT2D eigenvalue weighted by Gasteiger charge is 2.32. The Labute approximate surface area is 164 Å². The highest BCUT2D eigenvalue weighted by molar-refractivity contribution is 5.94. The number of anilines is 1. The lowest BCUT2D eigenvalue weighted by molar-refractivity contribution is -0.274. The molecule has 0 saturated carbocycles. The van der Waals surface area contributed by atoms with E-state index in [9.17, 15) is 22.8 Å². The minimum absolute atomic E-state index is 0.195. The number of alkyl halides is 3. The molecule has 2 aliphatic rings. The Bertz CT molecular complexity index is 980. The van der Waals surface area contributed by atoms with Crippen molar-refractivity contribution in [3.63, 3.8) is 0 Å². The highest BCUT2D eigenvalue weighted by atomic mass is 19.4. The number of carbonyl (C=O) groups is 1. The molecule has 0 bridgehead atoms. The summed E-state index contributed by atoms with van der Waals surface area (Å²) in [5.41, 5.74) is 0.866. The number of hydrogen-bond acceptors (Lipinski definition) is 4. The maximum atomic E-state index is 12.9. The Hall–Kier alpha value is -2.78. The van der Waals surface area contributed by atoms with Crippen molar-refractivity contribution in [1.82, 2.24) is 14.3 Å². The van der Waals surface area contributed by atoms with Gasteiger partial charge < -0.3 is 9.64 Å². The molecule has 0 saturated heterocycles. The molecular formula is C19H21F3N4O3. The number of hydrogen-bond donors (Lipinski definition) is 0. The van der Waals surface area contributed by atoms with Crippen molar-refractivity contribution in [3.8, 4) is 5.75 Å². The van der Waals surface area contributed by atoms with Crippen LogP contribution in [-0.4, -0.2) is 33.2 Å². The number of halogens is 3. The summed E-state index contributed by atoms with van der Waals surface area (Å²) >= 11 is 0. The van der Waals surface area contributed by atoms with E-state index < -0.39 is 6.36 Å². The Balaban J connectivity index is 1.54. The number of benzene rings is 1. The number of amides is 1. The molecule has 0 N–H and O–H groups in total. The first-order chi connectivity index (χ1) is 13.8. The number of ether oxygens (including phenoxy) is 1. The van der Waals surface area contributed by atoms with E-state index in [1.807, 2.05) is 0 Å². The van der Waals surface area contributed by atoms with Gasteiger partial charge in [0.2, 0.25) is 5.91 Å². The number of aryl methyl sites for hydroxylation is 2. The molecule has 10 heteroatoms. The van der Waals surface area contributed by atoms with Crippen LogP contribution in [0.15, 0.2) is 23.0 Å². The van der Waals surface area contributed by atoms with Gasteiger partial charge in [-0.15, -0.1) is 13.2 Å². The molecular weight excluding hydrogens is 389 g/mol. The predicted octanol–water partition coefficient (Wildman–Crippen LogP) is 2.65. The van der Waals surface area contributed by atoms with Crippen LogP contribution in [0.25, 0.3) is 0 Å². The second-order valence-electron chi connectivity index (χ2n) is 7.31. The highest BCUT2D eigenvalue weighted by Crippen LogP contribution is 2.32. The van der Waals surface area contributed by atoms with E-state index in [1.165, 1.54) is 27.8 Å². The van der Waals surface area contributed by atoms with Crippen LogP contribution in [0, 0.1) is 0 Å². The summed E-state index contributed by atoms with van der Waals surface area (Å²) in [5.74, 6) is 0.0821. The normalized spacial score (nSPS) is 16.7. The van der Waals surface area contributed by atoms with Gasteiger partial charge in [0.05, 0.1) is 0 Å². The zero-order valence-electron chi connectivity index (χ0n) is 15.7.